The highest BCUT2D eigenvalue weighted by atomic mass is 79.9. The molecule has 0 aliphatic heterocycles. The molecule has 0 saturated carbocycles. The van der Waals surface area contributed by atoms with Crippen LogP contribution in [0.5, 0.6) is 5.75 Å². The topological polar surface area (TPSA) is 29.5 Å². The molecule has 0 aromatic heterocycles. The molecule has 2 aromatic carbocycles. The van der Waals surface area contributed by atoms with E-state index in [0.29, 0.717) is 11.6 Å². The van der Waals surface area contributed by atoms with E-state index in [2.05, 4.69) is 15.9 Å². The molecule has 2 rings (SSSR count). The highest BCUT2D eigenvalue weighted by Gasteiger charge is 2.17. The molecule has 0 heterocycles. The summed E-state index contributed by atoms with van der Waals surface area (Å²) in [5.41, 5.74) is 2.49. The molecule has 1 atom stereocenters. The molecule has 0 spiro atoms. The maximum absolute atomic E-state index is 10.6. The molecular weight excluding hydrogens is 340 g/mol. The van der Waals surface area contributed by atoms with E-state index < -0.39 is 6.10 Å². The molecule has 0 saturated heterocycles. The molecule has 0 aliphatic carbocycles. The Kier molecular flexibility index (Phi) is 5.08. The van der Waals surface area contributed by atoms with E-state index in [1.807, 2.05) is 50.2 Å². The highest BCUT2D eigenvalue weighted by Crippen LogP contribution is 2.34. The minimum absolute atomic E-state index is 0.613. The lowest BCUT2D eigenvalue weighted by molar-refractivity contribution is 0.218. The molecule has 0 radical (unpaired) electrons. The van der Waals surface area contributed by atoms with E-state index in [9.17, 15) is 5.11 Å². The molecule has 0 fully saturated rings. The largest absolute Gasteiger partial charge is 0.494 e. The number of aliphatic hydroxyl groups is 1. The molecule has 106 valence electrons. The van der Waals surface area contributed by atoms with Crippen LogP contribution in [-0.4, -0.2) is 11.7 Å². The average Bonchev–Trinajstić information content (AvgIpc) is 2.42. The Labute approximate surface area is 132 Å². The molecule has 2 aromatic rings. The molecule has 1 N–H and O–H groups in total. The number of hydrogen-bond acceptors (Lipinski definition) is 2. The van der Waals surface area contributed by atoms with Crippen LogP contribution in [0.3, 0.4) is 0 Å². The second-order valence-electron chi connectivity index (χ2n) is 4.47. The zero-order valence-electron chi connectivity index (χ0n) is 11.4. The summed E-state index contributed by atoms with van der Waals surface area (Å²) in [7, 11) is 0. The van der Waals surface area contributed by atoms with Crippen LogP contribution < -0.4 is 4.74 Å². The van der Waals surface area contributed by atoms with Crippen molar-refractivity contribution in [1.82, 2.24) is 0 Å². The van der Waals surface area contributed by atoms with Crippen LogP contribution in [0.15, 0.2) is 40.9 Å². The number of ether oxygens (including phenoxy) is 1. The third-order valence-electron chi connectivity index (χ3n) is 3.18. The lowest BCUT2D eigenvalue weighted by Gasteiger charge is -2.17. The SMILES string of the molecule is CCOc1ccc(C(O)c2cccc(Cl)c2C)c(Br)c1. The lowest BCUT2D eigenvalue weighted by Crippen LogP contribution is -2.03. The van der Waals surface area contributed by atoms with Crippen LogP contribution in [0.4, 0.5) is 0 Å². The van der Waals surface area contributed by atoms with Crippen molar-refractivity contribution >= 4 is 27.5 Å². The summed E-state index contributed by atoms with van der Waals surface area (Å²) < 4.78 is 6.25. The third-order valence-corrected chi connectivity index (χ3v) is 4.28. The zero-order chi connectivity index (χ0) is 14.7. The van der Waals surface area contributed by atoms with Crippen molar-refractivity contribution in [2.75, 3.05) is 6.61 Å². The smallest absolute Gasteiger partial charge is 0.120 e. The zero-order valence-corrected chi connectivity index (χ0v) is 13.7. The molecule has 0 bridgehead atoms. The van der Waals surface area contributed by atoms with Gasteiger partial charge in [0.15, 0.2) is 0 Å². The molecule has 0 amide bonds. The number of benzene rings is 2. The molecule has 4 heteroatoms. The predicted octanol–water partition coefficient (Wildman–Crippen LogP) is 4.89. The monoisotopic (exact) mass is 354 g/mol. The van der Waals surface area contributed by atoms with Gasteiger partial charge in [-0.1, -0.05) is 45.7 Å². The maximum atomic E-state index is 10.6. The molecule has 0 aliphatic rings. The van der Waals surface area contributed by atoms with Gasteiger partial charge in [0.25, 0.3) is 0 Å². The van der Waals surface area contributed by atoms with Crippen LogP contribution >= 0.6 is 27.5 Å². The first kappa shape index (κ1) is 15.4. The second kappa shape index (κ2) is 6.61. The van der Waals surface area contributed by atoms with E-state index in [0.717, 1.165) is 26.9 Å². The Hall–Kier alpha value is -1.03. The third kappa shape index (κ3) is 3.17. The van der Waals surface area contributed by atoms with Gasteiger partial charge < -0.3 is 9.84 Å². The first-order valence-electron chi connectivity index (χ1n) is 6.40. The van der Waals surface area contributed by atoms with Crippen molar-refractivity contribution in [3.05, 3.63) is 62.6 Å². The van der Waals surface area contributed by atoms with Crippen molar-refractivity contribution in [3.63, 3.8) is 0 Å². The summed E-state index contributed by atoms with van der Waals surface area (Å²) >= 11 is 9.59. The number of rotatable bonds is 4. The number of hydrogen-bond donors (Lipinski definition) is 1. The van der Waals surface area contributed by atoms with Crippen LogP contribution in [0.25, 0.3) is 0 Å². The Balaban J connectivity index is 2.38. The van der Waals surface area contributed by atoms with Gasteiger partial charge in [-0.3, -0.25) is 0 Å². The van der Waals surface area contributed by atoms with Crippen molar-refractivity contribution in [3.8, 4) is 5.75 Å². The van der Waals surface area contributed by atoms with E-state index in [-0.39, 0.29) is 0 Å². The Morgan fingerprint density at radius 2 is 2.00 bits per heavy atom. The molecular formula is C16H16BrClO2. The summed E-state index contributed by atoms with van der Waals surface area (Å²) in [6.45, 7) is 4.46. The normalized spacial score (nSPS) is 12.2. The molecule has 1 unspecified atom stereocenters. The van der Waals surface area contributed by atoms with Gasteiger partial charge >= 0.3 is 0 Å². The Morgan fingerprint density at radius 1 is 1.25 bits per heavy atom. The van der Waals surface area contributed by atoms with Crippen LogP contribution in [0.1, 0.15) is 29.7 Å². The standard InChI is InChI=1S/C16H16BrClO2/c1-3-20-11-7-8-13(14(17)9-11)16(19)12-5-4-6-15(18)10(12)2/h4-9,16,19H,3H2,1-2H3. The van der Waals surface area contributed by atoms with Crippen LogP contribution in [0, 0.1) is 6.92 Å². The van der Waals surface area contributed by atoms with E-state index in [1.165, 1.54) is 0 Å². The van der Waals surface area contributed by atoms with Gasteiger partial charge in [0, 0.05) is 9.50 Å². The molecule has 20 heavy (non-hydrogen) atoms. The summed E-state index contributed by atoms with van der Waals surface area (Å²) in [6.07, 6.45) is -0.723. The quantitative estimate of drug-likeness (QED) is 0.846. The fraction of sp³-hybridized carbons (Fsp3) is 0.250. The number of aliphatic hydroxyl groups excluding tert-OH is 1. The predicted molar refractivity (Wildman–Crippen MR) is 85.6 cm³/mol. The van der Waals surface area contributed by atoms with Crippen LogP contribution in [-0.2, 0) is 0 Å². The van der Waals surface area contributed by atoms with Gasteiger partial charge in [-0.15, -0.1) is 0 Å². The van der Waals surface area contributed by atoms with Gasteiger partial charge in [0.2, 0.25) is 0 Å². The van der Waals surface area contributed by atoms with Crippen molar-refractivity contribution < 1.29 is 9.84 Å². The fourth-order valence-corrected chi connectivity index (χ4v) is 2.83. The van der Waals surface area contributed by atoms with E-state index in [4.69, 9.17) is 16.3 Å². The van der Waals surface area contributed by atoms with Crippen molar-refractivity contribution in [1.29, 1.82) is 0 Å². The Morgan fingerprint density at radius 3 is 2.65 bits per heavy atom. The maximum Gasteiger partial charge on any atom is 0.120 e. The first-order chi connectivity index (χ1) is 9.54. The highest BCUT2D eigenvalue weighted by molar-refractivity contribution is 9.10. The summed E-state index contributed by atoms with van der Waals surface area (Å²) in [5.74, 6) is 0.776. The van der Waals surface area contributed by atoms with Gasteiger partial charge in [-0.25, -0.2) is 0 Å². The van der Waals surface area contributed by atoms with Crippen molar-refractivity contribution in [2.24, 2.45) is 0 Å². The first-order valence-corrected chi connectivity index (χ1v) is 7.57. The van der Waals surface area contributed by atoms with Gasteiger partial charge in [0.05, 0.1) is 6.61 Å². The summed E-state index contributed by atoms with van der Waals surface area (Å²) in [5, 5.41) is 11.2. The fourth-order valence-electron chi connectivity index (χ4n) is 2.07. The van der Waals surface area contributed by atoms with E-state index in [1.54, 1.807) is 0 Å². The van der Waals surface area contributed by atoms with Crippen molar-refractivity contribution in [2.45, 2.75) is 20.0 Å². The molecule has 2 nitrogen and oxygen atoms in total. The van der Waals surface area contributed by atoms with Gasteiger partial charge in [-0.2, -0.15) is 0 Å². The number of halogens is 2. The Bertz CT molecular complexity index is 613. The minimum Gasteiger partial charge on any atom is -0.494 e. The lowest BCUT2D eigenvalue weighted by atomic mass is 9.97. The van der Waals surface area contributed by atoms with Gasteiger partial charge in [0.1, 0.15) is 11.9 Å². The average molecular weight is 356 g/mol. The van der Waals surface area contributed by atoms with Gasteiger partial charge in [-0.05, 0) is 48.7 Å². The minimum atomic E-state index is -0.723. The summed E-state index contributed by atoms with van der Waals surface area (Å²) in [4.78, 5) is 0. The van der Waals surface area contributed by atoms with E-state index >= 15 is 0 Å². The summed E-state index contributed by atoms with van der Waals surface area (Å²) in [6, 6.07) is 11.1. The second-order valence-corrected chi connectivity index (χ2v) is 5.73. The van der Waals surface area contributed by atoms with Crippen LogP contribution in [0.2, 0.25) is 5.02 Å².